The molecule has 1 N–H and O–H groups in total. The third-order valence-corrected chi connectivity index (χ3v) is 5.40. The van der Waals surface area contributed by atoms with Crippen LogP contribution in [0.25, 0.3) is 0 Å². The van der Waals surface area contributed by atoms with Gasteiger partial charge in [0.25, 0.3) is 0 Å². The van der Waals surface area contributed by atoms with Crippen molar-refractivity contribution in [3.05, 3.63) is 58.6 Å². The number of piperidine rings is 1. The Hall–Kier alpha value is -2.24. The Morgan fingerprint density at radius 3 is 2.71 bits per heavy atom. The lowest BCUT2D eigenvalue weighted by molar-refractivity contribution is -0.145. The van der Waals surface area contributed by atoms with E-state index in [1.807, 2.05) is 48.2 Å². The van der Waals surface area contributed by atoms with Crippen LogP contribution in [-0.2, 0) is 4.79 Å². The highest BCUT2D eigenvalue weighted by molar-refractivity contribution is 6.30. The molecule has 2 aromatic carbocycles. The molecule has 5 nitrogen and oxygen atoms in total. The molecule has 0 aromatic heterocycles. The van der Waals surface area contributed by atoms with Crippen molar-refractivity contribution in [1.29, 1.82) is 0 Å². The number of likely N-dealkylation sites (tertiary alicyclic amines) is 1. The minimum absolute atomic E-state index is 0.335. The first kappa shape index (κ1) is 20.5. The zero-order chi connectivity index (χ0) is 20.1. The van der Waals surface area contributed by atoms with Gasteiger partial charge in [-0.3, -0.25) is 9.69 Å². The zero-order valence-electron chi connectivity index (χ0n) is 16.2. The van der Waals surface area contributed by atoms with E-state index in [2.05, 4.69) is 0 Å². The second-order valence-corrected chi connectivity index (χ2v) is 7.28. The molecule has 1 aliphatic rings. The van der Waals surface area contributed by atoms with Gasteiger partial charge in [-0.1, -0.05) is 36.2 Å². The van der Waals surface area contributed by atoms with Gasteiger partial charge < -0.3 is 14.6 Å². The van der Waals surface area contributed by atoms with E-state index in [1.165, 1.54) is 0 Å². The fourth-order valence-electron chi connectivity index (χ4n) is 3.97. The van der Waals surface area contributed by atoms with Crippen molar-refractivity contribution >= 4 is 17.6 Å². The van der Waals surface area contributed by atoms with Crippen LogP contribution < -0.4 is 9.47 Å². The monoisotopic (exact) mass is 403 g/mol. The number of carboxylic acids is 1. The number of hydrogen-bond donors (Lipinski definition) is 1. The molecular weight excluding hydrogens is 378 g/mol. The number of hydrogen-bond acceptors (Lipinski definition) is 4. The minimum atomic E-state index is -0.806. The van der Waals surface area contributed by atoms with E-state index in [-0.39, 0.29) is 6.04 Å². The second kappa shape index (κ2) is 9.30. The van der Waals surface area contributed by atoms with Crippen LogP contribution in [0.15, 0.2) is 42.5 Å². The van der Waals surface area contributed by atoms with Gasteiger partial charge in [-0.05, 0) is 50.6 Å². The predicted molar refractivity (Wildman–Crippen MR) is 109 cm³/mol. The van der Waals surface area contributed by atoms with Crippen LogP contribution in [0, 0.1) is 0 Å². The number of ether oxygens (including phenoxy) is 2. The van der Waals surface area contributed by atoms with Gasteiger partial charge in [0.15, 0.2) is 0 Å². The lowest BCUT2D eigenvalue weighted by atomic mass is 9.90. The van der Waals surface area contributed by atoms with Gasteiger partial charge in [-0.2, -0.15) is 0 Å². The standard InChI is InChI=1S/C22H26ClNO4/c1-3-28-20-12-11-15(23)14-17(20)21(16-8-4-5-10-19(16)27-2)24-13-7-6-9-18(24)22(25)26/h4-5,8,10-12,14,18,21H,3,6-7,9,13H2,1-2H3,(H,25,26). The maximum absolute atomic E-state index is 12.0. The third-order valence-electron chi connectivity index (χ3n) is 5.16. The van der Waals surface area contributed by atoms with Gasteiger partial charge in [0.05, 0.1) is 19.8 Å². The first-order valence-corrected chi connectivity index (χ1v) is 9.98. The van der Waals surface area contributed by atoms with Gasteiger partial charge >= 0.3 is 5.97 Å². The molecule has 0 radical (unpaired) electrons. The number of carboxylic acid groups (broad SMARTS) is 1. The van der Waals surface area contributed by atoms with Crippen LogP contribution in [0.5, 0.6) is 11.5 Å². The first-order valence-electron chi connectivity index (χ1n) is 9.60. The van der Waals surface area contributed by atoms with Crippen molar-refractivity contribution in [1.82, 2.24) is 4.90 Å². The maximum Gasteiger partial charge on any atom is 0.320 e. The highest BCUT2D eigenvalue weighted by Crippen LogP contribution is 2.42. The molecule has 28 heavy (non-hydrogen) atoms. The molecule has 1 aliphatic heterocycles. The molecule has 0 spiro atoms. The molecule has 1 fully saturated rings. The molecule has 0 aliphatic carbocycles. The molecular formula is C22H26ClNO4. The second-order valence-electron chi connectivity index (χ2n) is 6.85. The topological polar surface area (TPSA) is 59.0 Å². The largest absolute Gasteiger partial charge is 0.496 e. The molecule has 6 heteroatoms. The lowest BCUT2D eigenvalue weighted by Crippen LogP contribution is -2.47. The van der Waals surface area contributed by atoms with Crippen LogP contribution >= 0.6 is 11.6 Å². The number of benzene rings is 2. The number of nitrogens with zero attached hydrogens (tertiary/aromatic N) is 1. The van der Waals surface area contributed by atoms with E-state index in [0.29, 0.717) is 36.1 Å². The average Bonchev–Trinajstić information content (AvgIpc) is 2.71. The average molecular weight is 404 g/mol. The summed E-state index contributed by atoms with van der Waals surface area (Å²) in [6.45, 7) is 3.12. The fraction of sp³-hybridized carbons (Fsp3) is 0.409. The van der Waals surface area contributed by atoms with E-state index in [0.717, 1.165) is 24.0 Å². The number of carbonyl (C=O) groups is 1. The smallest absolute Gasteiger partial charge is 0.320 e. The third kappa shape index (κ3) is 4.26. The van der Waals surface area contributed by atoms with Crippen LogP contribution in [0.3, 0.4) is 0 Å². The highest BCUT2D eigenvalue weighted by Gasteiger charge is 2.37. The molecule has 0 amide bonds. The van der Waals surface area contributed by atoms with Gasteiger partial charge in [0.1, 0.15) is 17.5 Å². The quantitative estimate of drug-likeness (QED) is 0.721. The van der Waals surface area contributed by atoms with Gasteiger partial charge in [0, 0.05) is 16.1 Å². The van der Waals surface area contributed by atoms with Crippen LogP contribution in [0.1, 0.15) is 43.4 Å². The molecule has 2 unspecified atom stereocenters. The summed E-state index contributed by atoms with van der Waals surface area (Å²) in [6.07, 6.45) is 2.46. The Bertz CT molecular complexity index is 826. The van der Waals surface area contributed by atoms with E-state index in [4.69, 9.17) is 21.1 Å². The Balaban J connectivity index is 2.20. The number of aliphatic carboxylic acids is 1. The van der Waals surface area contributed by atoms with Crippen molar-refractivity contribution in [2.75, 3.05) is 20.3 Å². The molecule has 3 rings (SSSR count). The van der Waals surface area contributed by atoms with Crippen molar-refractivity contribution in [3.8, 4) is 11.5 Å². The van der Waals surface area contributed by atoms with E-state index in [1.54, 1.807) is 13.2 Å². The van der Waals surface area contributed by atoms with Crippen LogP contribution in [0.2, 0.25) is 5.02 Å². The Morgan fingerprint density at radius 2 is 2.00 bits per heavy atom. The van der Waals surface area contributed by atoms with Gasteiger partial charge in [0.2, 0.25) is 0 Å². The number of rotatable bonds is 7. The molecule has 2 aromatic rings. The molecule has 150 valence electrons. The Morgan fingerprint density at radius 1 is 1.21 bits per heavy atom. The zero-order valence-corrected chi connectivity index (χ0v) is 17.0. The summed E-state index contributed by atoms with van der Waals surface area (Å²) in [4.78, 5) is 14.1. The van der Waals surface area contributed by atoms with Crippen molar-refractivity contribution < 1.29 is 19.4 Å². The first-order chi connectivity index (χ1) is 13.6. The highest BCUT2D eigenvalue weighted by atomic mass is 35.5. The van der Waals surface area contributed by atoms with Crippen molar-refractivity contribution in [3.63, 3.8) is 0 Å². The van der Waals surface area contributed by atoms with Crippen molar-refractivity contribution in [2.24, 2.45) is 0 Å². The van der Waals surface area contributed by atoms with E-state index in [9.17, 15) is 9.90 Å². The molecule has 1 heterocycles. The maximum atomic E-state index is 12.0. The van der Waals surface area contributed by atoms with Crippen LogP contribution in [-0.4, -0.2) is 42.3 Å². The summed E-state index contributed by atoms with van der Waals surface area (Å²) in [5.74, 6) is 0.613. The van der Waals surface area contributed by atoms with Gasteiger partial charge in [-0.15, -0.1) is 0 Å². The number of methoxy groups -OCH3 is 1. The summed E-state index contributed by atoms with van der Waals surface area (Å²) in [7, 11) is 1.63. The summed E-state index contributed by atoms with van der Waals surface area (Å²) < 4.78 is 11.5. The van der Waals surface area contributed by atoms with Crippen LogP contribution in [0.4, 0.5) is 0 Å². The molecule has 0 saturated carbocycles. The predicted octanol–water partition coefficient (Wildman–Crippen LogP) is 4.78. The lowest BCUT2D eigenvalue weighted by Gasteiger charge is -2.40. The Kier molecular flexibility index (Phi) is 6.81. The summed E-state index contributed by atoms with van der Waals surface area (Å²) in [5, 5.41) is 10.5. The summed E-state index contributed by atoms with van der Waals surface area (Å²) in [5.41, 5.74) is 1.76. The van der Waals surface area contributed by atoms with Crippen molar-refractivity contribution in [2.45, 2.75) is 38.3 Å². The molecule has 2 atom stereocenters. The molecule has 1 saturated heterocycles. The summed E-state index contributed by atoms with van der Waals surface area (Å²) >= 11 is 6.34. The fourth-order valence-corrected chi connectivity index (χ4v) is 4.15. The van der Waals surface area contributed by atoms with E-state index < -0.39 is 12.0 Å². The number of halogens is 1. The number of para-hydroxylation sites is 1. The normalized spacial score (nSPS) is 18.5. The minimum Gasteiger partial charge on any atom is -0.496 e. The van der Waals surface area contributed by atoms with Gasteiger partial charge in [-0.25, -0.2) is 0 Å². The summed E-state index contributed by atoms with van der Waals surface area (Å²) in [6, 6.07) is 12.3. The Labute approximate surface area is 170 Å². The van der Waals surface area contributed by atoms with E-state index >= 15 is 0 Å². The SMILES string of the molecule is CCOc1ccc(Cl)cc1C(c1ccccc1OC)N1CCCCC1C(=O)O. The molecule has 0 bridgehead atoms.